The Morgan fingerprint density at radius 2 is 2.28 bits per heavy atom. The Morgan fingerprint density at radius 1 is 1.56 bits per heavy atom. The van der Waals surface area contributed by atoms with E-state index in [1.54, 1.807) is 20.2 Å². The lowest BCUT2D eigenvalue weighted by atomic mass is 9.90. The van der Waals surface area contributed by atoms with Crippen LogP contribution in [-0.4, -0.2) is 20.1 Å². The number of carbonyl (C=O) groups is 1. The fraction of sp³-hybridized carbons (Fsp3) is 0.500. The van der Waals surface area contributed by atoms with Crippen molar-refractivity contribution in [2.24, 2.45) is 5.92 Å². The van der Waals surface area contributed by atoms with Crippen LogP contribution in [0, 0.1) is 11.7 Å². The van der Waals surface area contributed by atoms with Gasteiger partial charge in [-0.25, -0.2) is 4.39 Å². The minimum Gasteiger partial charge on any atom is -0.496 e. The van der Waals surface area contributed by atoms with Crippen molar-refractivity contribution < 1.29 is 13.9 Å². The number of hydrogen-bond donors (Lipinski definition) is 1. The molecule has 0 heterocycles. The molecule has 1 amide bonds. The van der Waals surface area contributed by atoms with Gasteiger partial charge in [-0.3, -0.25) is 4.79 Å². The molecule has 0 bridgehead atoms. The van der Waals surface area contributed by atoms with Crippen LogP contribution in [-0.2, 0) is 4.79 Å². The number of nitrogens with one attached hydrogen (secondary N) is 1. The molecular formula is C14H18FNO2. The van der Waals surface area contributed by atoms with Gasteiger partial charge in [-0.1, -0.05) is 0 Å². The minimum absolute atomic E-state index is 0.0155. The third kappa shape index (κ3) is 2.81. The predicted octanol–water partition coefficient (Wildman–Crippen LogP) is 2.46. The molecule has 4 heteroatoms. The topological polar surface area (TPSA) is 38.3 Å². The van der Waals surface area contributed by atoms with Crippen molar-refractivity contribution in [1.29, 1.82) is 0 Å². The van der Waals surface area contributed by atoms with Crippen molar-refractivity contribution in [2.75, 3.05) is 14.2 Å². The molecule has 1 fully saturated rings. The summed E-state index contributed by atoms with van der Waals surface area (Å²) < 4.78 is 18.7. The van der Waals surface area contributed by atoms with Crippen LogP contribution in [0.15, 0.2) is 18.2 Å². The standard InChI is InChI=1S/C14H18FNO2/c1-16-14(17)8-11(9-3-4-9)12-7-10(15)5-6-13(12)18-2/h5-7,9,11H,3-4,8H2,1-2H3,(H,16,17). The first-order chi connectivity index (χ1) is 8.65. The summed E-state index contributed by atoms with van der Waals surface area (Å²) in [5, 5.41) is 2.63. The average Bonchev–Trinajstić information content (AvgIpc) is 3.19. The summed E-state index contributed by atoms with van der Waals surface area (Å²) in [7, 11) is 3.19. The molecule has 1 aromatic carbocycles. The number of hydrogen-bond acceptors (Lipinski definition) is 2. The quantitative estimate of drug-likeness (QED) is 0.873. The molecule has 1 aliphatic rings. The normalized spacial score (nSPS) is 16.2. The maximum absolute atomic E-state index is 13.4. The molecule has 18 heavy (non-hydrogen) atoms. The van der Waals surface area contributed by atoms with Crippen LogP contribution in [0.4, 0.5) is 4.39 Å². The van der Waals surface area contributed by atoms with Gasteiger partial charge in [0.05, 0.1) is 7.11 Å². The van der Waals surface area contributed by atoms with Crippen molar-refractivity contribution >= 4 is 5.91 Å². The zero-order chi connectivity index (χ0) is 13.1. The third-order valence-electron chi connectivity index (χ3n) is 3.47. The summed E-state index contributed by atoms with van der Waals surface area (Å²) in [5.41, 5.74) is 0.809. The van der Waals surface area contributed by atoms with E-state index >= 15 is 0 Å². The highest BCUT2D eigenvalue weighted by molar-refractivity contribution is 5.76. The Hall–Kier alpha value is -1.58. The first-order valence-corrected chi connectivity index (χ1v) is 6.19. The SMILES string of the molecule is CNC(=O)CC(c1cc(F)ccc1OC)C1CC1. The number of ether oxygens (including phenoxy) is 1. The second kappa shape index (κ2) is 5.38. The monoisotopic (exact) mass is 251 g/mol. The highest BCUT2D eigenvalue weighted by Crippen LogP contribution is 2.47. The van der Waals surface area contributed by atoms with Crippen molar-refractivity contribution in [3.05, 3.63) is 29.6 Å². The molecule has 1 unspecified atom stereocenters. The number of benzene rings is 1. The summed E-state index contributed by atoms with van der Waals surface area (Å²) in [6, 6.07) is 4.50. The van der Waals surface area contributed by atoms with Gasteiger partial charge >= 0.3 is 0 Å². The van der Waals surface area contributed by atoms with E-state index in [0.29, 0.717) is 18.1 Å². The summed E-state index contributed by atoms with van der Waals surface area (Å²) in [5.74, 6) is 0.886. The maximum atomic E-state index is 13.4. The van der Waals surface area contributed by atoms with E-state index in [1.165, 1.54) is 12.1 Å². The highest BCUT2D eigenvalue weighted by Gasteiger charge is 2.35. The number of halogens is 1. The first kappa shape index (κ1) is 12.9. The summed E-state index contributed by atoms with van der Waals surface area (Å²) in [6.45, 7) is 0. The van der Waals surface area contributed by atoms with E-state index in [4.69, 9.17) is 4.74 Å². The molecule has 0 radical (unpaired) electrons. The maximum Gasteiger partial charge on any atom is 0.220 e. The van der Waals surface area contributed by atoms with E-state index in [2.05, 4.69) is 5.32 Å². The van der Waals surface area contributed by atoms with Gasteiger partial charge in [-0.15, -0.1) is 0 Å². The van der Waals surface area contributed by atoms with E-state index in [-0.39, 0.29) is 17.6 Å². The second-order valence-corrected chi connectivity index (χ2v) is 4.71. The van der Waals surface area contributed by atoms with Gasteiger partial charge in [-0.05, 0) is 42.9 Å². The Morgan fingerprint density at radius 3 is 2.83 bits per heavy atom. The van der Waals surface area contributed by atoms with Gasteiger partial charge in [0, 0.05) is 19.0 Å². The molecule has 0 saturated heterocycles. The van der Waals surface area contributed by atoms with E-state index in [0.717, 1.165) is 18.4 Å². The second-order valence-electron chi connectivity index (χ2n) is 4.71. The minimum atomic E-state index is -0.284. The van der Waals surface area contributed by atoms with Gasteiger partial charge in [0.2, 0.25) is 5.91 Å². The van der Waals surface area contributed by atoms with Crippen molar-refractivity contribution in [1.82, 2.24) is 5.32 Å². The molecule has 0 aliphatic heterocycles. The molecule has 1 N–H and O–H groups in total. The summed E-state index contributed by atoms with van der Waals surface area (Å²) in [6.07, 6.45) is 2.59. The Bertz CT molecular complexity index is 443. The summed E-state index contributed by atoms with van der Waals surface area (Å²) in [4.78, 5) is 11.6. The molecule has 1 aliphatic carbocycles. The zero-order valence-electron chi connectivity index (χ0n) is 10.7. The van der Waals surface area contributed by atoms with Crippen molar-refractivity contribution in [3.63, 3.8) is 0 Å². The fourth-order valence-electron chi connectivity index (χ4n) is 2.33. The van der Waals surface area contributed by atoms with Crippen LogP contribution >= 0.6 is 0 Å². The average molecular weight is 251 g/mol. The van der Waals surface area contributed by atoms with E-state index in [9.17, 15) is 9.18 Å². The first-order valence-electron chi connectivity index (χ1n) is 6.19. The van der Waals surface area contributed by atoms with Crippen LogP contribution < -0.4 is 10.1 Å². The fourth-order valence-corrected chi connectivity index (χ4v) is 2.33. The molecular weight excluding hydrogens is 233 g/mol. The van der Waals surface area contributed by atoms with E-state index in [1.807, 2.05) is 0 Å². The van der Waals surface area contributed by atoms with E-state index < -0.39 is 0 Å². The van der Waals surface area contributed by atoms with Gasteiger partial charge in [0.1, 0.15) is 11.6 Å². The number of amides is 1. The highest BCUT2D eigenvalue weighted by atomic mass is 19.1. The largest absolute Gasteiger partial charge is 0.496 e. The molecule has 0 aromatic heterocycles. The molecule has 1 saturated carbocycles. The van der Waals surface area contributed by atoms with Gasteiger partial charge < -0.3 is 10.1 Å². The van der Waals surface area contributed by atoms with Gasteiger partial charge in [-0.2, -0.15) is 0 Å². The van der Waals surface area contributed by atoms with Gasteiger partial charge in [0.15, 0.2) is 0 Å². The molecule has 3 nitrogen and oxygen atoms in total. The summed E-state index contributed by atoms with van der Waals surface area (Å²) >= 11 is 0. The van der Waals surface area contributed by atoms with Crippen LogP contribution in [0.3, 0.4) is 0 Å². The molecule has 98 valence electrons. The number of carbonyl (C=O) groups excluding carboxylic acids is 1. The lowest BCUT2D eigenvalue weighted by molar-refractivity contribution is -0.121. The number of rotatable bonds is 5. The zero-order valence-corrected chi connectivity index (χ0v) is 10.7. The number of methoxy groups -OCH3 is 1. The molecule has 0 spiro atoms. The smallest absolute Gasteiger partial charge is 0.220 e. The molecule has 1 aromatic rings. The Labute approximate surface area is 106 Å². The van der Waals surface area contributed by atoms with Crippen LogP contribution in [0.1, 0.15) is 30.7 Å². The van der Waals surface area contributed by atoms with Crippen LogP contribution in [0.5, 0.6) is 5.75 Å². The predicted molar refractivity (Wildman–Crippen MR) is 67.1 cm³/mol. The molecule has 2 rings (SSSR count). The molecule has 1 atom stereocenters. The Kier molecular flexibility index (Phi) is 3.84. The lowest BCUT2D eigenvalue weighted by Gasteiger charge is -2.19. The van der Waals surface area contributed by atoms with Crippen LogP contribution in [0.25, 0.3) is 0 Å². The van der Waals surface area contributed by atoms with Gasteiger partial charge in [0.25, 0.3) is 0 Å². The lowest BCUT2D eigenvalue weighted by Crippen LogP contribution is -2.21. The third-order valence-corrected chi connectivity index (χ3v) is 3.47. The van der Waals surface area contributed by atoms with Crippen LogP contribution in [0.2, 0.25) is 0 Å². The van der Waals surface area contributed by atoms with Crippen molar-refractivity contribution in [3.8, 4) is 5.75 Å². The van der Waals surface area contributed by atoms with Crippen molar-refractivity contribution in [2.45, 2.75) is 25.2 Å². The Balaban J connectivity index is 2.29.